The first kappa shape index (κ1) is 37.5. The number of fused-ring (bicyclic) bond motifs is 20. The summed E-state index contributed by atoms with van der Waals surface area (Å²) in [6.07, 6.45) is 4.55. The third-order valence-corrected chi connectivity index (χ3v) is 16.9. The third-order valence-electron chi connectivity index (χ3n) is 14.6. The van der Waals surface area contributed by atoms with E-state index in [0.29, 0.717) is 0 Å². The van der Waals surface area contributed by atoms with Crippen LogP contribution in [0.25, 0.3) is 150 Å². The molecule has 0 saturated carbocycles. The first-order valence-corrected chi connectivity index (χ1v) is 24.8. The zero-order valence-electron chi connectivity index (χ0n) is 36.6. The monoisotopic (exact) mass is 914 g/mol. The van der Waals surface area contributed by atoms with Crippen LogP contribution in [0, 0.1) is 0 Å². The van der Waals surface area contributed by atoms with Crippen molar-refractivity contribution in [1.82, 2.24) is 18.8 Å². The number of rotatable bonds is 3. The Hall–Kier alpha value is -8.62. The SMILES string of the molecule is Oc1ccc(-c2cn3c4ccc5ccccc5c4nc3c3sc4cc5ccccc5cc4c23)cc1-c1ccc(-c2cn3c4ccc5ccccc5c4nc3c3sc4cc5ccccc5cc4c23)cc1. The minimum atomic E-state index is 0.237. The molecule has 10 aromatic carbocycles. The Kier molecular flexibility index (Phi) is 7.46. The highest BCUT2D eigenvalue weighted by molar-refractivity contribution is 7.27. The molecule has 1 N–H and O–H groups in total. The second-order valence-electron chi connectivity index (χ2n) is 18.3. The van der Waals surface area contributed by atoms with E-state index in [0.717, 1.165) is 82.2 Å². The Morgan fingerprint density at radius 2 is 0.783 bits per heavy atom. The maximum Gasteiger partial charge on any atom is 0.156 e. The molecule has 0 bridgehead atoms. The van der Waals surface area contributed by atoms with Crippen molar-refractivity contribution < 1.29 is 5.11 Å². The van der Waals surface area contributed by atoms with Gasteiger partial charge in [-0.3, -0.25) is 8.80 Å². The van der Waals surface area contributed by atoms with Crippen LogP contribution in [0.3, 0.4) is 0 Å². The van der Waals surface area contributed by atoms with E-state index < -0.39 is 0 Å². The van der Waals surface area contributed by atoms with E-state index in [-0.39, 0.29) is 5.75 Å². The molecule has 6 aromatic heterocycles. The highest BCUT2D eigenvalue weighted by Gasteiger charge is 2.23. The van der Waals surface area contributed by atoms with Crippen LogP contribution in [0.1, 0.15) is 0 Å². The fourth-order valence-electron chi connectivity index (χ4n) is 11.2. The second-order valence-corrected chi connectivity index (χ2v) is 20.4. The average Bonchev–Trinajstić information content (AvgIpc) is 4.17. The molecule has 0 fully saturated rings. The summed E-state index contributed by atoms with van der Waals surface area (Å²) in [5.74, 6) is 0.237. The molecular formula is C62H34N4OS2. The van der Waals surface area contributed by atoms with E-state index in [4.69, 9.17) is 9.97 Å². The maximum atomic E-state index is 11.7. The number of hydrogen-bond acceptors (Lipinski definition) is 5. The van der Waals surface area contributed by atoms with Crippen LogP contribution in [0.4, 0.5) is 0 Å². The molecule has 0 spiro atoms. The van der Waals surface area contributed by atoms with Gasteiger partial charge in [0.05, 0.1) is 31.5 Å². The summed E-state index contributed by atoms with van der Waals surface area (Å²) >= 11 is 3.63. The van der Waals surface area contributed by atoms with Gasteiger partial charge in [-0.2, -0.15) is 0 Å². The van der Waals surface area contributed by atoms with Gasteiger partial charge >= 0.3 is 0 Å². The highest BCUT2D eigenvalue weighted by atomic mass is 32.1. The molecule has 0 radical (unpaired) electrons. The molecule has 6 heterocycles. The van der Waals surface area contributed by atoms with Gasteiger partial charge in [0.1, 0.15) is 5.75 Å². The smallest absolute Gasteiger partial charge is 0.156 e. The number of nitrogens with zero attached hydrogens (tertiary/aromatic N) is 4. The Bertz CT molecular complexity index is 4920. The van der Waals surface area contributed by atoms with Crippen molar-refractivity contribution >= 4 is 139 Å². The number of aromatic nitrogens is 4. The largest absolute Gasteiger partial charge is 0.507 e. The second kappa shape index (κ2) is 13.7. The molecule has 0 aliphatic carbocycles. The Balaban J connectivity index is 0.902. The van der Waals surface area contributed by atoms with Crippen LogP contribution < -0.4 is 0 Å². The van der Waals surface area contributed by atoms with Gasteiger partial charge in [-0.25, -0.2) is 9.97 Å². The van der Waals surface area contributed by atoms with E-state index in [2.05, 4.69) is 203 Å². The van der Waals surface area contributed by atoms with Crippen LogP contribution >= 0.6 is 22.7 Å². The van der Waals surface area contributed by atoms with Crippen LogP contribution in [0.2, 0.25) is 0 Å². The van der Waals surface area contributed by atoms with E-state index in [1.807, 2.05) is 17.4 Å². The molecule has 16 aromatic rings. The lowest BCUT2D eigenvalue weighted by Gasteiger charge is -2.13. The number of pyridine rings is 2. The lowest BCUT2D eigenvalue weighted by Crippen LogP contribution is -1.91. The van der Waals surface area contributed by atoms with E-state index >= 15 is 0 Å². The molecule has 7 heteroatoms. The molecule has 0 atom stereocenters. The highest BCUT2D eigenvalue weighted by Crippen LogP contribution is 2.48. The molecule has 69 heavy (non-hydrogen) atoms. The Morgan fingerprint density at radius 3 is 1.29 bits per heavy atom. The lowest BCUT2D eigenvalue weighted by molar-refractivity contribution is 0.477. The summed E-state index contributed by atoms with van der Waals surface area (Å²) in [6.45, 7) is 0. The zero-order chi connectivity index (χ0) is 45.1. The summed E-state index contributed by atoms with van der Waals surface area (Å²) in [6, 6.07) is 67.2. The summed E-state index contributed by atoms with van der Waals surface area (Å²) in [5, 5.41) is 26.1. The van der Waals surface area contributed by atoms with E-state index in [1.54, 1.807) is 11.3 Å². The summed E-state index contributed by atoms with van der Waals surface area (Å²) in [4.78, 5) is 10.8. The van der Waals surface area contributed by atoms with Crippen LogP contribution in [-0.4, -0.2) is 23.9 Å². The molecule has 0 saturated heterocycles. The minimum absolute atomic E-state index is 0.237. The molecular weight excluding hydrogens is 881 g/mol. The van der Waals surface area contributed by atoms with E-state index in [1.165, 1.54) is 68.0 Å². The van der Waals surface area contributed by atoms with Gasteiger partial charge in [0.2, 0.25) is 0 Å². The standard InChI is InChI=1S/C62H34N4OS2/c67-52-26-23-42(49-33-66-51-25-22-35-10-6-8-16-44(35)58(51)64-62(66)60-56(49)47-28-39-12-2-4-14-41(39)31-54(47)69-60)29-45(52)36-17-19-37(20-18-36)48-32-65-50-24-21-34-9-5-7-15-43(34)57(50)63-61(65)59-55(48)46-27-38-11-1-3-13-40(38)30-53(46)68-59/h1-33,67H. The van der Waals surface area contributed by atoms with Crippen molar-refractivity contribution in [3.63, 3.8) is 0 Å². The van der Waals surface area contributed by atoms with Crippen molar-refractivity contribution in [3.05, 3.63) is 200 Å². The lowest BCUT2D eigenvalue weighted by atomic mass is 9.94. The number of phenols is 1. The number of aromatic hydroxyl groups is 1. The minimum Gasteiger partial charge on any atom is -0.507 e. The van der Waals surface area contributed by atoms with Gasteiger partial charge in [-0.15, -0.1) is 22.7 Å². The molecule has 0 unspecified atom stereocenters. The predicted molar refractivity (Wildman–Crippen MR) is 293 cm³/mol. The summed E-state index contributed by atoms with van der Waals surface area (Å²) in [5.41, 5.74) is 12.2. The van der Waals surface area contributed by atoms with Crippen molar-refractivity contribution in [2.75, 3.05) is 0 Å². The predicted octanol–water partition coefficient (Wildman–Crippen LogP) is 17.3. The van der Waals surface area contributed by atoms with Crippen molar-refractivity contribution in [3.8, 4) is 39.1 Å². The van der Waals surface area contributed by atoms with Gasteiger partial charge in [-0.05, 0) is 97.5 Å². The summed E-state index contributed by atoms with van der Waals surface area (Å²) in [7, 11) is 0. The van der Waals surface area contributed by atoms with Crippen molar-refractivity contribution in [1.29, 1.82) is 0 Å². The molecule has 320 valence electrons. The Morgan fingerprint density at radius 1 is 0.362 bits per heavy atom. The third kappa shape index (κ3) is 5.28. The van der Waals surface area contributed by atoms with Crippen molar-refractivity contribution in [2.24, 2.45) is 0 Å². The normalized spacial score (nSPS) is 12.4. The topological polar surface area (TPSA) is 54.8 Å². The van der Waals surface area contributed by atoms with Gasteiger partial charge in [-0.1, -0.05) is 140 Å². The van der Waals surface area contributed by atoms with E-state index in [9.17, 15) is 5.11 Å². The number of imidazole rings is 2. The number of benzene rings is 10. The fourth-order valence-corrected chi connectivity index (χ4v) is 13.7. The Labute approximate surface area is 400 Å². The average molecular weight is 915 g/mol. The molecule has 0 aliphatic rings. The van der Waals surface area contributed by atoms with Gasteiger partial charge in [0, 0.05) is 70.8 Å². The molecule has 0 aliphatic heterocycles. The zero-order valence-corrected chi connectivity index (χ0v) is 38.2. The van der Waals surface area contributed by atoms with Crippen LogP contribution in [-0.2, 0) is 0 Å². The number of phenolic OH excluding ortho intramolecular Hbond substituents is 1. The quantitative estimate of drug-likeness (QED) is 0.192. The van der Waals surface area contributed by atoms with Crippen LogP contribution in [0.15, 0.2) is 200 Å². The molecule has 0 amide bonds. The number of hydrogen-bond donors (Lipinski definition) is 1. The van der Waals surface area contributed by atoms with Gasteiger partial charge < -0.3 is 5.11 Å². The molecule has 16 rings (SSSR count). The fraction of sp³-hybridized carbons (Fsp3) is 0. The first-order chi connectivity index (χ1) is 34.1. The summed E-state index contributed by atoms with van der Waals surface area (Å²) < 4.78 is 9.34. The number of thiophene rings is 2. The van der Waals surface area contributed by atoms with Crippen LogP contribution in [0.5, 0.6) is 5.75 Å². The van der Waals surface area contributed by atoms with Gasteiger partial charge in [0.15, 0.2) is 11.3 Å². The van der Waals surface area contributed by atoms with Gasteiger partial charge in [0.25, 0.3) is 0 Å². The van der Waals surface area contributed by atoms with Crippen molar-refractivity contribution in [2.45, 2.75) is 0 Å². The first-order valence-electron chi connectivity index (χ1n) is 23.2. The molecule has 5 nitrogen and oxygen atoms in total. The maximum absolute atomic E-state index is 11.7.